The highest BCUT2D eigenvalue weighted by Crippen LogP contribution is 2.20. The summed E-state index contributed by atoms with van der Waals surface area (Å²) in [6, 6.07) is 9.04. The molecule has 7 heteroatoms. The minimum Gasteiger partial charge on any atom is -0.396 e. The van der Waals surface area contributed by atoms with Crippen LogP contribution in [0.5, 0.6) is 0 Å². The van der Waals surface area contributed by atoms with Gasteiger partial charge >= 0.3 is 6.03 Å². The lowest BCUT2D eigenvalue weighted by atomic mass is 9.98. The number of hydrogen-bond acceptors (Lipinski definition) is 5. The summed E-state index contributed by atoms with van der Waals surface area (Å²) in [7, 11) is 0. The zero-order valence-electron chi connectivity index (χ0n) is 13.7. The second kappa shape index (κ2) is 7.44. The Kier molecular flexibility index (Phi) is 5.10. The summed E-state index contributed by atoms with van der Waals surface area (Å²) >= 11 is 0. The van der Waals surface area contributed by atoms with E-state index in [1.54, 1.807) is 4.90 Å². The molecule has 2 amide bonds. The zero-order chi connectivity index (χ0) is 16.9. The number of nitrogens with one attached hydrogen (secondary N) is 1. The predicted octanol–water partition coefficient (Wildman–Crippen LogP) is 2.21. The third-order valence-electron chi connectivity index (χ3n) is 4.35. The number of carbonyl (C=O) groups is 1. The summed E-state index contributed by atoms with van der Waals surface area (Å²) in [6.07, 6.45) is 1.66. The van der Waals surface area contributed by atoms with Gasteiger partial charge in [0.1, 0.15) is 0 Å². The fourth-order valence-corrected chi connectivity index (χ4v) is 2.77. The number of aromatic nitrogens is 2. The summed E-state index contributed by atoms with van der Waals surface area (Å²) < 4.78 is 5.27. The van der Waals surface area contributed by atoms with E-state index in [-0.39, 0.29) is 18.7 Å². The first-order valence-corrected chi connectivity index (χ1v) is 8.22. The first-order chi connectivity index (χ1) is 11.7. The Balaban J connectivity index is 1.58. The van der Waals surface area contributed by atoms with E-state index in [1.807, 2.05) is 37.3 Å². The molecule has 0 radical (unpaired) electrons. The summed E-state index contributed by atoms with van der Waals surface area (Å²) in [5.74, 6) is 1.19. The molecular weight excluding hydrogens is 308 g/mol. The van der Waals surface area contributed by atoms with Crippen molar-refractivity contribution >= 4 is 6.03 Å². The average molecular weight is 330 g/mol. The number of piperidine rings is 1. The normalized spacial score (nSPS) is 16.8. The highest BCUT2D eigenvalue weighted by atomic mass is 16.5. The lowest BCUT2D eigenvalue weighted by Gasteiger charge is -2.31. The summed E-state index contributed by atoms with van der Waals surface area (Å²) in [6.45, 7) is 3.34. The first-order valence-electron chi connectivity index (χ1n) is 8.22. The third-order valence-corrected chi connectivity index (χ3v) is 4.35. The Morgan fingerprint density at radius 1 is 1.38 bits per heavy atom. The van der Waals surface area contributed by atoms with E-state index >= 15 is 0 Å². The number of aliphatic hydroxyl groups is 1. The van der Waals surface area contributed by atoms with Crippen molar-refractivity contribution in [2.45, 2.75) is 25.8 Å². The Hall–Kier alpha value is -2.41. The molecule has 0 spiro atoms. The molecule has 1 aromatic heterocycles. The molecule has 0 bridgehead atoms. The number of rotatable bonds is 4. The van der Waals surface area contributed by atoms with Crippen LogP contribution in [0, 0.1) is 5.92 Å². The monoisotopic (exact) mass is 330 g/mol. The molecule has 1 aliphatic heterocycles. The maximum atomic E-state index is 12.3. The largest absolute Gasteiger partial charge is 0.396 e. The molecule has 3 rings (SSSR count). The molecule has 1 saturated heterocycles. The summed E-state index contributed by atoms with van der Waals surface area (Å²) in [4.78, 5) is 18.4. The van der Waals surface area contributed by atoms with Gasteiger partial charge in [0.25, 0.3) is 5.89 Å². The summed E-state index contributed by atoms with van der Waals surface area (Å²) in [5, 5.41) is 16.0. The van der Waals surface area contributed by atoms with Crippen LogP contribution < -0.4 is 5.32 Å². The Morgan fingerprint density at radius 2 is 2.08 bits per heavy atom. The molecule has 1 unspecified atom stereocenters. The Labute approximate surface area is 140 Å². The van der Waals surface area contributed by atoms with Gasteiger partial charge in [0, 0.05) is 25.3 Å². The zero-order valence-corrected chi connectivity index (χ0v) is 13.7. The lowest BCUT2D eigenvalue weighted by Crippen LogP contribution is -2.45. The quantitative estimate of drug-likeness (QED) is 0.897. The molecule has 2 aromatic rings. The first kappa shape index (κ1) is 16.4. The van der Waals surface area contributed by atoms with Crippen molar-refractivity contribution in [3.8, 4) is 11.5 Å². The maximum absolute atomic E-state index is 12.3. The molecule has 1 atom stereocenters. The maximum Gasteiger partial charge on any atom is 0.317 e. The molecule has 7 nitrogen and oxygen atoms in total. The van der Waals surface area contributed by atoms with Gasteiger partial charge in [-0.15, -0.1) is 0 Å². The van der Waals surface area contributed by atoms with E-state index in [4.69, 9.17) is 9.63 Å². The number of nitrogens with zero attached hydrogens (tertiary/aromatic N) is 3. The van der Waals surface area contributed by atoms with Gasteiger partial charge in [-0.25, -0.2) is 4.79 Å². The molecular formula is C17H22N4O3. The van der Waals surface area contributed by atoms with Crippen molar-refractivity contribution in [2.75, 3.05) is 19.7 Å². The second-order valence-electron chi connectivity index (χ2n) is 6.11. The van der Waals surface area contributed by atoms with Crippen molar-refractivity contribution in [2.24, 2.45) is 5.92 Å². The van der Waals surface area contributed by atoms with Crippen molar-refractivity contribution in [1.82, 2.24) is 20.4 Å². The number of aliphatic hydroxyl groups excluding tert-OH is 1. The fourth-order valence-electron chi connectivity index (χ4n) is 2.77. The molecule has 2 N–H and O–H groups in total. The molecule has 2 heterocycles. The minimum atomic E-state index is -0.339. The van der Waals surface area contributed by atoms with Gasteiger partial charge in [0.15, 0.2) is 5.82 Å². The van der Waals surface area contributed by atoms with Crippen LogP contribution in [0.15, 0.2) is 34.9 Å². The number of carbonyl (C=O) groups excluding carboxylic acids is 1. The third kappa shape index (κ3) is 3.73. The van der Waals surface area contributed by atoms with Crippen molar-refractivity contribution in [3.05, 3.63) is 36.2 Å². The van der Waals surface area contributed by atoms with Crippen molar-refractivity contribution < 1.29 is 14.4 Å². The van der Waals surface area contributed by atoms with E-state index in [2.05, 4.69) is 15.5 Å². The van der Waals surface area contributed by atoms with Crippen LogP contribution in [0.1, 0.15) is 31.6 Å². The van der Waals surface area contributed by atoms with Crippen LogP contribution >= 0.6 is 0 Å². The van der Waals surface area contributed by atoms with Gasteiger partial charge < -0.3 is 19.8 Å². The molecule has 24 heavy (non-hydrogen) atoms. The average Bonchev–Trinajstić information content (AvgIpc) is 3.13. The van der Waals surface area contributed by atoms with Crippen LogP contribution in [0.25, 0.3) is 11.5 Å². The number of amides is 2. The number of benzene rings is 1. The van der Waals surface area contributed by atoms with Gasteiger partial charge in [0.05, 0.1) is 6.04 Å². The second-order valence-corrected chi connectivity index (χ2v) is 6.11. The van der Waals surface area contributed by atoms with Gasteiger partial charge in [-0.3, -0.25) is 0 Å². The standard InChI is InChI=1S/C17H22N4O3/c1-12(18-17(23)21-9-7-13(11-22)8-10-21)15-19-16(24-20-15)14-5-3-2-4-6-14/h2-6,12-13,22H,7-11H2,1H3,(H,18,23). The number of urea groups is 1. The van der Waals surface area contributed by atoms with Gasteiger partial charge in [0.2, 0.25) is 0 Å². The van der Waals surface area contributed by atoms with Crippen LogP contribution in [-0.4, -0.2) is 45.9 Å². The Morgan fingerprint density at radius 3 is 2.75 bits per heavy atom. The lowest BCUT2D eigenvalue weighted by molar-refractivity contribution is 0.135. The van der Waals surface area contributed by atoms with Gasteiger partial charge in [-0.2, -0.15) is 4.98 Å². The van der Waals surface area contributed by atoms with Gasteiger partial charge in [-0.05, 0) is 37.8 Å². The highest BCUT2D eigenvalue weighted by Gasteiger charge is 2.24. The molecule has 0 aliphatic carbocycles. The van der Waals surface area contributed by atoms with Crippen molar-refractivity contribution in [3.63, 3.8) is 0 Å². The Bertz CT molecular complexity index is 665. The molecule has 1 aromatic carbocycles. The van der Waals surface area contributed by atoms with Crippen LogP contribution in [0.2, 0.25) is 0 Å². The van der Waals surface area contributed by atoms with E-state index in [1.165, 1.54) is 0 Å². The molecule has 0 saturated carbocycles. The summed E-state index contributed by atoms with van der Waals surface area (Å²) in [5.41, 5.74) is 0.848. The molecule has 128 valence electrons. The van der Waals surface area contributed by atoms with E-state index in [0.717, 1.165) is 18.4 Å². The predicted molar refractivity (Wildman–Crippen MR) is 88.1 cm³/mol. The molecule has 1 aliphatic rings. The highest BCUT2D eigenvalue weighted by molar-refractivity contribution is 5.74. The number of likely N-dealkylation sites (tertiary alicyclic amines) is 1. The van der Waals surface area contributed by atoms with E-state index in [9.17, 15) is 4.79 Å². The van der Waals surface area contributed by atoms with Crippen molar-refractivity contribution in [1.29, 1.82) is 0 Å². The number of hydrogen-bond donors (Lipinski definition) is 2. The van der Waals surface area contributed by atoms with Crippen LogP contribution in [0.3, 0.4) is 0 Å². The molecule has 1 fully saturated rings. The SMILES string of the molecule is CC(NC(=O)N1CCC(CO)CC1)c1noc(-c2ccccc2)n1. The smallest absolute Gasteiger partial charge is 0.317 e. The van der Waals surface area contributed by atoms with Crippen LogP contribution in [0.4, 0.5) is 4.79 Å². The van der Waals surface area contributed by atoms with E-state index < -0.39 is 0 Å². The minimum absolute atomic E-state index is 0.134. The fraction of sp³-hybridized carbons (Fsp3) is 0.471. The van der Waals surface area contributed by atoms with Gasteiger partial charge in [-0.1, -0.05) is 23.4 Å². The van der Waals surface area contributed by atoms with Crippen LogP contribution in [-0.2, 0) is 0 Å². The van der Waals surface area contributed by atoms with E-state index in [0.29, 0.717) is 30.7 Å². The topological polar surface area (TPSA) is 91.5 Å².